The molecule has 3 heterocycles. The van der Waals surface area contributed by atoms with Crippen molar-refractivity contribution in [3.8, 4) is 28.5 Å². The molecule has 1 fully saturated rings. The molecule has 0 atom stereocenters. The van der Waals surface area contributed by atoms with Gasteiger partial charge in [-0.3, -0.25) is 0 Å². The Morgan fingerprint density at radius 2 is 2.03 bits per heavy atom. The lowest BCUT2D eigenvalue weighted by Crippen LogP contribution is -2.26. The smallest absolute Gasteiger partial charge is 0.339 e. The zero-order valence-electron chi connectivity index (χ0n) is 18.4. The number of rotatable bonds is 7. The van der Waals surface area contributed by atoms with Crippen molar-refractivity contribution in [1.82, 2.24) is 29.5 Å². The number of hydrogen-bond donors (Lipinski definition) is 1. The molecule has 1 aliphatic carbocycles. The van der Waals surface area contributed by atoms with Crippen LogP contribution in [0.5, 0.6) is 0 Å². The Morgan fingerprint density at radius 1 is 1.24 bits per heavy atom. The third kappa shape index (κ3) is 4.55. The van der Waals surface area contributed by atoms with E-state index in [-0.39, 0.29) is 31.1 Å². The van der Waals surface area contributed by atoms with Gasteiger partial charge in [-0.15, -0.1) is 12.4 Å². The second kappa shape index (κ2) is 9.70. The van der Waals surface area contributed by atoms with E-state index in [0.717, 1.165) is 34.2 Å². The Balaban J connectivity index is 0.00000274. The summed E-state index contributed by atoms with van der Waals surface area (Å²) in [6.45, 7) is 1.84. The van der Waals surface area contributed by atoms with Crippen molar-refractivity contribution in [1.29, 1.82) is 0 Å². The highest BCUT2D eigenvalue weighted by molar-refractivity contribution is 5.85. The molecule has 5 rings (SSSR count). The minimum absolute atomic E-state index is 0. The third-order valence-corrected chi connectivity index (χ3v) is 5.59. The zero-order chi connectivity index (χ0) is 22.9. The number of hydrogen-bond acceptors (Lipinski definition) is 7. The van der Waals surface area contributed by atoms with Gasteiger partial charge in [0.05, 0.1) is 18.6 Å². The molecule has 176 valence electrons. The zero-order valence-corrected chi connectivity index (χ0v) is 19.2. The molecule has 0 radical (unpaired) electrons. The summed E-state index contributed by atoms with van der Waals surface area (Å²) in [6.07, 6.45) is 3.96. The largest absolute Gasteiger partial charge is 0.351 e. The molecule has 0 bridgehead atoms. The summed E-state index contributed by atoms with van der Waals surface area (Å²) in [7, 11) is 0. The summed E-state index contributed by atoms with van der Waals surface area (Å²) < 4.78 is 20.8. The van der Waals surface area contributed by atoms with Crippen molar-refractivity contribution >= 4 is 12.4 Å². The average molecular weight is 484 g/mol. The van der Waals surface area contributed by atoms with Gasteiger partial charge in [-0.05, 0) is 43.0 Å². The molecular formula is C23H23ClFN7O2. The average Bonchev–Trinajstić information content (AvgIpc) is 3.46. The Morgan fingerprint density at radius 3 is 2.76 bits per heavy atom. The first-order valence-electron chi connectivity index (χ1n) is 10.6. The molecule has 34 heavy (non-hydrogen) atoms. The summed E-state index contributed by atoms with van der Waals surface area (Å²) >= 11 is 0. The molecule has 0 spiro atoms. The van der Waals surface area contributed by atoms with Gasteiger partial charge in [0.1, 0.15) is 12.1 Å². The first kappa shape index (κ1) is 23.5. The van der Waals surface area contributed by atoms with Crippen LogP contribution in [0.15, 0.2) is 63.9 Å². The van der Waals surface area contributed by atoms with Crippen LogP contribution in [-0.2, 0) is 6.54 Å². The van der Waals surface area contributed by atoms with Gasteiger partial charge in [0.2, 0.25) is 11.7 Å². The fourth-order valence-electron chi connectivity index (χ4n) is 3.52. The first-order chi connectivity index (χ1) is 16.1. The molecule has 3 aromatic heterocycles. The highest BCUT2D eigenvalue weighted by Crippen LogP contribution is 2.39. The van der Waals surface area contributed by atoms with E-state index in [1.165, 1.54) is 10.9 Å². The fraction of sp³-hybridized carbons (Fsp3) is 0.261. The number of benzene rings is 1. The van der Waals surface area contributed by atoms with Gasteiger partial charge in [0, 0.05) is 23.6 Å². The Kier molecular flexibility index (Phi) is 6.71. The molecule has 1 saturated carbocycles. The molecule has 0 saturated heterocycles. The monoisotopic (exact) mass is 483 g/mol. The third-order valence-electron chi connectivity index (χ3n) is 5.59. The van der Waals surface area contributed by atoms with E-state index >= 15 is 0 Å². The number of aromatic nitrogens is 6. The maximum Gasteiger partial charge on any atom is 0.351 e. The van der Waals surface area contributed by atoms with Crippen LogP contribution >= 0.6 is 12.4 Å². The van der Waals surface area contributed by atoms with E-state index in [1.807, 2.05) is 43.3 Å². The topological polar surface area (TPSA) is 118 Å². The second-order valence-electron chi connectivity index (χ2n) is 8.06. The van der Waals surface area contributed by atoms with Crippen LogP contribution in [0.25, 0.3) is 28.5 Å². The van der Waals surface area contributed by atoms with Crippen molar-refractivity contribution < 1.29 is 8.91 Å². The van der Waals surface area contributed by atoms with Gasteiger partial charge in [0.25, 0.3) is 0 Å². The van der Waals surface area contributed by atoms with Crippen LogP contribution in [0.1, 0.15) is 30.2 Å². The van der Waals surface area contributed by atoms with Gasteiger partial charge in [-0.25, -0.2) is 23.4 Å². The van der Waals surface area contributed by atoms with Gasteiger partial charge in [0.15, 0.2) is 0 Å². The lowest BCUT2D eigenvalue weighted by atomic mass is 10.1. The lowest BCUT2D eigenvalue weighted by molar-refractivity contribution is 0.380. The molecule has 9 nitrogen and oxygen atoms in total. The number of pyridine rings is 1. The standard InChI is InChI=1S/C23H22FN7O2.ClH/c1-14-5-8-19(27-21(14)30-13-26-31(23(30)32)12-15(10-24)11-25)17-3-2-4-18(9-17)20-28-22(33-29-20)16-6-7-16;/h2-5,8-10,13,16H,6-7,11-12,25H2,1H3;1H/b15-10+;. The molecule has 1 aliphatic rings. The summed E-state index contributed by atoms with van der Waals surface area (Å²) in [6, 6.07) is 11.5. The van der Waals surface area contributed by atoms with Crippen LogP contribution in [-0.4, -0.2) is 36.0 Å². The van der Waals surface area contributed by atoms with Crippen LogP contribution in [0.3, 0.4) is 0 Å². The quantitative estimate of drug-likeness (QED) is 0.427. The van der Waals surface area contributed by atoms with Gasteiger partial charge in [-0.2, -0.15) is 10.1 Å². The van der Waals surface area contributed by atoms with Crippen molar-refractivity contribution in [2.45, 2.75) is 32.2 Å². The molecule has 4 aromatic rings. The van der Waals surface area contributed by atoms with Gasteiger partial charge in [-0.1, -0.05) is 29.4 Å². The Hall–Kier alpha value is -3.63. The number of aryl methyl sites for hydroxylation is 1. The van der Waals surface area contributed by atoms with E-state index in [9.17, 15) is 9.18 Å². The summed E-state index contributed by atoms with van der Waals surface area (Å²) in [5.74, 6) is 2.06. The van der Waals surface area contributed by atoms with E-state index < -0.39 is 5.69 Å². The van der Waals surface area contributed by atoms with Crippen molar-refractivity contribution in [2.24, 2.45) is 5.73 Å². The molecular weight excluding hydrogens is 461 g/mol. The maximum absolute atomic E-state index is 12.9. The highest BCUT2D eigenvalue weighted by atomic mass is 35.5. The summed E-state index contributed by atoms with van der Waals surface area (Å²) in [5, 5.41) is 8.19. The highest BCUT2D eigenvalue weighted by Gasteiger charge is 2.29. The molecule has 2 N–H and O–H groups in total. The van der Waals surface area contributed by atoms with Crippen molar-refractivity contribution in [3.63, 3.8) is 0 Å². The predicted molar refractivity (Wildman–Crippen MR) is 127 cm³/mol. The fourth-order valence-corrected chi connectivity index (χ4v) is 3.52. The second-order valence-corrected chi connectivity index (χ2v) is 8.06. The number of nitrogens with zero attached hydrogens (tertiary/aromatic N) is 6. The lowest BCUT2D eigenvalue weighted by Gasteiger charge is -2.09. The van der Waals surface area contributed by atoms with Crippen LogP contribution in [0.4, 0.5) is 4.39 Å². The molecule has 0 aliphatic heterocycles. The van der Waals surface area contributed by atoms with E-state index in [0.29, 0.717) is 35.5 Å². The molecule has 0 unspecified atom stereocenters. The molecule has 1 aromatic carbocycles. The number of nitrogens with two attached hydrogens (primary N) is 1. The summed E-state index contributed by atoms with van der Waals surface area (Å²) in [4.78, 5) is 22.1. The minimum atomic E-state index is -0.427. The van der Waals surface area contributed by atoms with Gasteiger partial charge < -0.3 is 10.3 Å². The number of halogens is 2. The molecule has 11 heteroatoms. The van der Waals surface area contributed by atoms with E-state index in [1.54, 1.807) is 0 Å². The van der Waals surface area contributed by atoms with E-state index in [2.05, 4.69) is 15.2 Å². The SMILES string of the molecule is Cc1ccc(-c2cccc(-c3noc(C4CC4)n3)c2)nc1-n1cnn(C/C(=C/F)CN)c1=O.Cl. The summed E-state index contributed by atoms with van der Waals surface area (Å²) in [5.41, 5.74) is 8.47. The van der Waals surface area contributed by atoms with Crippen molar-refractivity contribution in [3.05, 3.63) is 76.6 Å². The minimum Gasteiger partial charge on any atom is -0.339 e. The van der Waals surface area contributed by atoms with E-state index in [4.69, 9.17) is 15.2 Å². The normalized spacial score (nSPS) is 13.7. The van der Waals surface area contributed by atoms with Crippen LogP contribution in [0, 0.1) is 6.92 Å². The van der Waals surface area contributed by atoms with Crippen LogP contribution < -0.4 is 11.4 Å². The maximum atomic E-state index is 12.9. The first-order valence-corrected chi connectivity index (χ1v) is 10.6. The van der Waals surface area contributed by atoms with Gasteiger partial charge >= 0.3 is 5.69 Å². The molecule has 0 amide bonds. The Bertz CT molecular complexity index is 1400. The van der Waals surface area contributed by atoms with Crippen LogP contribution in [0.2, 0.25) is 0 Å². The van der Waals surface area contributed by atoms with Crippen molar-refractivity contribution in [2.75, 3.05) is 6.54 Å². The Labute approximate surface area is 200 Å². The predicted octanol–water partition coefficient (Wildman–Crippen LogP) is 3.57.